The molecular weight excluding hydrogens is 784 g/mol. The molecule has 4 amide bonds. The van der Waals surface area contributed by atoms with Gasteiger partial charge in [0.2, 0.25) is 5.91 Å². The number of halogens is 3. The molecule has 0 spiro atoms. The van der Waals surface area contributed by atoms with Gasteiger partial charge in [-0.1, -0.05) is 12.1 Å². The number of hydrogen-bond donors (Lipinski definition) is 1. The summed E-state index contributed by atoms with van der Waals surface area (Å²) in [5, 5.41) is 17.4. The predicted molar refractivity (Wildman–Crippen MR) is 221 cm³/mol. The number of nitriles is 1. The first kappa shape index (κ1) is 42.5. The smallest absolute Gasteiger partial charge is 0.377 e. The van der Waals surface area contributed by atoms with Crippen molar-refractivity contribution in [3.05, 3.63) is 53.1 Å². The molecule has 4 heterocycles. The highest BCUT2D eigenvalue weighted by Gasteiger charge is 2.52. The monoisotopic (exact) mass is 835 g/mol. The lowest BCUT2D eigenvalue weighted by Gasteiger charge is -2.45. The van der Waals surface area contributed by atoms with Gasteiger partial charge in [0.15, 0.2) is 10.9 Å². The average Bonchev–Trinajstić information content (AvgIpc) is 3.60. The molecule has 4 fully saturated rings. The number of ether oxygens (including phenoxy) is 1. The van der Waals surface area contributed by atoms with E-state index in [0.717, 1.165) is 87.7 Å². The minimum Gasteiger partial charge on any atom is -0.377 e. The predicted octanol–water partition coefficient (Wildman–Crippen LogP) is 5.98. The lowest BCUT2D eigenvalue weighted by molar-refractivity contribution is -0.137. The van der Waals surface area contributed by atoms with Gasteiger partial charge >= 0.3 is 12.2 Å². The number of rotatable bonds is 11. The lowest BCUT2D eigenvalue weighted by Crippen LogP contribution is -2.57. The van der Waals surface area contributed by atoms with Gasteiger partial charge in [0.1, 0.15) is 5.54 Å². The number of aromatic nitrogens is 2. The van der Waals surface area contributed by atoms with Gasteiger partial charge in [-0.2, -0.15) is 23.5 Å². The Labute approximate surface area is 348 Å². The molecule has 3 aromatic rings. The Kier molecular flexibility index (Phi) is 12.1. The van der Waals surface area contributed by atoms with Crippen LogP contribution in [0.2, 0.25) is 0 Å². The quantitative estimate of drug-likeness (QED) is 0.231. The molecule has 13 nitrogen and oxygen atoms in total. The van der Waals surface area contributed by atoms with Gasteiger partial charge in [0.25, 0.3) is 5.91 Å². The summed E-state index contributed by atoms with van der Waals surface area (Å²) in [5.74, 6) is -0.0983. The molecule has 1 N–H and O–H groups in total. The van der Waals surface area contributed by atoms with Gasteiger partial charge in [0, 0.05) is 63.2 Å². The third-order valence-corrected chi connectivity index (χ3v) is 12.8. The van der Waals surface area contributed by atoms with Crippen molar-refractivity contribution in [1.82, 2.24) is 29.8 Å². The second kappa shape index (κ2) is 16.8. The fourth-order valence-electron chi connectivity index (χ4n) is 9.58. The number of thiocarbonyl (C=S) groups is 1. The van der Waals surface area contributed by atoms with Crippen LogP contribution in [0.5, 0.6) is 0 Å². The van der Waals surface area contributed by atoms with E-state index in [-0.39, 0.29) is 35.3 Å². The fraction of sp³-hybridized carbons (Fsp3) is 0.571. The van der Waals surface area contributed by atoms with Crippen LogP contribution < -0.4 is 15.1 Å². The van der Waals surface area contributed by atoms with Gasteiger partial charge in [-0.05, 0) is 115 Å². The molecule has 1 aromatic heterocycles. The summed E-state index contributed by atoms with van der Waals surface area (Å²) < 4.78 is 49.5. The maximum absolute atomic E-state index is 13.8. The molecule has 0 unspecified atom stereocenters. The average molecular weight is 836 g/mol. The van der Waals surface area contributed by atoms with Crippen LogP contribution in [0.15, 0.2) is 36.4 Å². The molecular formula is C42H52F3N9O4S. The minimum atomic E-state index is -4.75. The highest BCUT2D eigenvalue weighted by molar-refractivity contribution is 7.80. The molecule has 1 aliphatic carbocycles. The molecule has 4 aliphatic rings. The van der Waals surface area contributed by atoms with E-state index in [1.54, 1.807) is 24.8 Å². The zero-order valence-corrected chi connectivity index (χ0v) is 35.0. The van der Waals surface area contributed by atoms with Crippen LogP contribution in [0, 0.1) is 11.3 Å². The number of fused-ring (bicyclic) bond motifs is 1. The zero-order chi connectivity index (χ0) is 42.4. The number of urea groups is 1. The molecule has 0 radical (unpaired) electrons. The molecule has 2 aromatic carbocycles. The van der Waals surface area contributed by atoms with E-state index in [4.69, 9.17) is 17.0 Å². The van der Waals surface area contributed by atoms with E-state index >= 15 is 0 Å². The molecule has 316 valence electrons. The van der Waals surface area contributed by atoms with Crippen LogP contribution in [-0.4, -0.2) is 117 Å². The molecule has 17 heteroatoms. The summed E-state index contributed by atoms with van der Waals surface area (Å²) in [4.78, 5) is 47.6. The standard InChI is InChI=1S/C42H52F3N9O4S/c1-26-24-50(25-27(2)51(26)18-7-9-28-8-6-10-33-36(28)49(5)48-37(33)52-19-17-35(55)47-39(52)57)20-21-58-32-15-13-30(14-16-32)54-40(59)53(38(56)41(54,3)4)31-12-11-29(23-46)34(22-31)42(43,44)45/h6,8,10-12,22,26-27,30,32H,7,9,13-21,24-25H2,1-5H3,(H,47,55,57)/t26-,27+,30?,32?. The summed E-state index contributed by atoms with van der Waals surface area (Å²) in [7, 11) is 1.89. The summed E-state index contributed by atoms with van der Waals surface area (Å²) in [6.07, 6.45) is 0.437. The van der Waals surface area contributed by atoms with Crippen molar-refractivity contribution in [3.63, 3.8) is 0 Å². The first-order valence-corrected chi connectivity index (χ1v) is 20.8. The molecule has 7 rings (SSSR count). The molecule has 59 heavy (non-hydrogen) atoms. The Hall–Kier alpha value is -4.63. The number of carbonyl (C=O) groups excluding carboxylic acids is 3. The summed E-state index contributed by atoms with van der Waals surface area (Å²) >= 11 is 5.76. The zero-order valence-electron chi connectivity index (χ0n) is 34.2. The van der Waals surface area contributed by atoms with Crippen molar-refractivity contribution in [2.45, 2.75) is 109 Å². The highest BCUT2D eigenvalue weighted by Crippen LogP contribution is 2.41. The van der Waals surface area contributed by atoms with E-state index in [9.17, 15) is 32.8 Å². The number of carbonyl (C=O) groups is 3. The third-order valence-electron chi connectivity index (χ3n) is 12.5. The van der Waals surface area contributed by atoms with Crippen molar-refractivity contribution in [2.75, 3.05) is 49.1 Å². The Morgan fingerprint density at radius 1 is 1.03 bits per heavy atom. The molecule has 2 atom stereocenters. The second-order valence-corrected chi connectivity index (χ2v) is 17.2. The molecule has 0 bridgehead atoms. The van der Waals surface area contributed by atoms with E-state index in [2.05, 4.69) is 40.1 Å². The van der Waals surface area contributed by atoms with E-state index < -0.39 is 34.8 Å². The Bertz CT molecular complexity index is 2150. The normalized spacial score (nSPS) is 24.6. The summed E-state index contributed by atoms with van der Waals surface area (Å²) in [6.45, 7) is 12.6. The number of imide groups is 1. The van der Waals surface area contributed by atoms with Crippen LogP contribution >= 0.6 is 12.2 Å². The molecule has 3 aliphatic heterocycles. The second-order valence-electron chi connectivity index (χ2n) is 16.8. The third kappa shape index (κ3) is 8.41. The number of nitrogens with zero attached hydrogens (tertiary/aromatic N) is 8. The maximum Gasteiger partial charge on any atom is 0.417 e. The summed E-state index contributed by atoms with van der Waals surface area (Å²) in [6, 6.07) is 11.2. The molecule has 1 saturated carbocycles. The van der Waals surface area contributed by atoms with Gasteiger partial charge < -0.3 is 9.64 Å². The van der Waals surface area contributed by atoms with Crippen LogP contribution in [-0.2, 0) is 34.0 Å². The number of piperazine rings is 1. The highest BCUT2D eigenvalue weighted by atomic mass is 32.1. The topological polar surface area (TPSA) is 130 Å². The number of aryl methyl sites for hydroxylation is 2. The first-order chi connectivity index (χ1) is 28.0. The van der Waals surface area contributed by atoms with E-state index in [1.807, 2.05) is 28.8 Å². The van der Waals surface area contributed by atoms with Crippen LogP contribution in [0.3, 0.4) is 0 Å². The summed E-state index contributed by atoms with van der Waals surface area (Å²) in [5.41, 5.74) is -0.468. The van der Waals surface area contributed by atoms with Gasteiger partial charge in [-0.25, -0.2) is 4.79 Å². The Balaban J connectivity index is 0.869. The van der Waals surface area contributed by atoms with Crippen LogP contribution in [0.1, 0.15) is 82.9 Å². The number of benzene rings is 2. The SMILES string of the molecule is C[C@@H]1CN(CCOC2CCC(N3C(=S)N(c4ccc(C#N)c(C(F)(F)F)c4)C(=O)C3(C)C)CC2)C[C@H](C)N1CCCc1cccc2c(N3CCC(=O)NC3=O)nn(C)c12. The van der Waals surface area contributed by atoms with Crippen molar-refractivity contribution in [2.24, 2.45) is 7.05 Å². The van der Waals surface area contributed by atoms with E-state index in [0.29, 0.717) is 31.1 Å². The number of alkyl halides is 3. The van der Waals surface area contributed by atoms with E-state index in [1.165, 1.54) is 16.5 Å². The van der Waals surface area contributed by atoms with Crippen molar-refractivity contribution >= 4 is 57.6 Å². The number of hydrogen-bond acceptors (Lipinski definition) is 9. The van der Waals surface area contributed by atoms with Gasteiger partial charge in [0.05, 0.1) is 41.1 Å². The fourth-order valence-corrected chi connectivity index (χ4v) is 10.1. The Morgan fingerprint density at radius 2 is 1.75 bits per heavy atom. The number of nitrogens with one attached hydrogen (secondary N) is 1. The van der Waals surface area contributed by atoms with Gasteiger partial charge in [-0.3, -0.25) is 39.2 Å². The van der Waals surface area contributed by atoms with Crippen LogP contribution in [0.25, 0.3) is 10.9 Å². The number of anilines is 2. The van der Waals surface area contributed by atoms with Gasteiger partial charge in [-0.15, -0.1) is 0 Å². The lowest BCUT2D eigenvalue weighted by atomic mass is 9.89. The minimum absolute atomic E-state index is 0.00381. The maximum atomic E-state index is 13.8. The first-order valence-electron chi connectivity index (χ1n) is 20.4. The van der Waals surface area contributed by atoms with Crippen molar-refractivity contribution in [1.29, 1.82) is 5.26 Å². The van der Waals surface area contributed by atoms with Crippen LogP contribution in [0.4, 0.5) is 29.5 Å². The number of para-hydroxylation sites is 1. The van der Waals surface area contributed by atoms with Crippen molar-refractivity contribution in [3.8, 4) is 6.07 Å². The number of amides is 4. The Morgan fingerprint density at radius 3 is 2.41 bits per heavy atom. The van der Waals surface area contributed by atoms with Crippen molar-refractivity contribution < 1.29 is 32.3 Å². The largest absolute Gasteiger partial charge is 0.417 e. The molecule has 3 saturated heterocycles.